The van der Waals surface area contributed by atoms with Crippen molar-refractivity contribution in [3.8, 4) is 0 Å². The molecule has 0 unspecified atom stereocenters. The van der Waals surface area contributed by atoms with Gasteiger partial charge in [-0.1, -0.05) is 24.5 Å². The molecule has 12 heavy (non-hydrogen) atoms. The molecule has 0 saturated carbocycles. The van der Waals surface area contributed by atoms with E-state index in [1.165, 1.54) is 11.1 Å². The Kier molecular flexibility index (Phi) is 3.07. The molecule has 68 valence electrons. The number of rotatable bonds is 2. The number of allylic oxidation sites excluding steroid dienone is 2. The SMILES string of the molecule is CC[C@@H]1CC(C)=C(C)C[C@H]1C=O. The van der Waals surface area contributed by atoms with Gasteiger partial charge in [0.25, 0.3) is 0 Å². The van der Waals surface area contributed by atoms with Gasteiger partial charge in [0, 0.05) is 5.92 Å². The van der Waals surface area contributed by atoms with Crippen LogP contribution in [0.25, 0.3) is 0 Å². The van der Waals surface area contributed by atoms with Crippen molar-refractivity contribution in [2.45, 2.75) is 40.0 Å². The van der Waals surface area contributed by atoms with Crippen molar-refractivity contribution in [1.82, 2.24) is 0 Å². The molecule has 1 rings (SSSR count). The first-order valence-electron chi connectivity index (χ1n) is 4.79. The number of aldehydes is 1. The Labute approximate surface area is 74.9 Å². The maximum Gasteiger partial charge on any atom is 0.123 e. The predicted octanol–water partition coefficient (Wildman–Crippen LogP) is 2.96. The highest BCUT2D eigenvalue weighted by molar-refractivity contribution is 5.55. The minimum Gasteiger partial charge on any atom is -0.303 e. The first-order valence-corrected chi connectivity index (χ1v) is 4.79. The molecule has 1 aliphatic rings. The molecule has 0 radical (unpaired) electrons. The van der Waals surface area contributed by atoms with Crippen LogP contribution in [0.15, 0.2) is 11.1 Å². The van der Waals surface area contributed by atoms with E-state index in [9.17, 15) is 4.79 Å². The zero-order valence-corrected chi connectivity index (χ0v) is 8.26. The second-order valence-corrected chi connectivity index (χ2v) is 3.94. The van der Waals surface area contributed by atoms with Crippen molar-refractivity contribution in [3.05, 3.63) is 11.1 Å². The minimum atomic E-state index is 0.290. The molecule has 0 aromatic heterocycles. The van der Waals surface area contributed by atoms with Crippen LogP contribution in [0.1, 0.15) is 40.0 Å². The second-order valence-electron chi connectivity index (χ2n) is 3.94. The molecule has 0 spiro atoms. The molecule has 0 fully saturated rings. The maximum absolute atomic E-state index is 10.8. The van der Waals surface area contributed by atoms with E-state index in [4.69, 9.17) is 0 Å². The molecule has 1 nitrogen and oxygen atoms in total. The fourth-order valence-corrected chi connectivity index (χ4v) is 2.02. The zero-order valence-electron chi connectivity index (χ0n) is 8.26. The Bertz CT molecular complexity index is 203. The lowest BCUT2D eigenvalue weighted by Gasteiger charge is -2.28. The van der Waals surface area contributed by atoms with Crippen LogP contribution in [0.5, 0.6) is 0 Å². The molecule has 0 amide bonds. The monoisotopic (exact) mass is 166 g/mol. The summed E-state index contributed by atoms with van der Waals surface area (Å²) in [5.41, 5.74) is 2.93. The second kappa shape index (κ2) is 3.88. The van der Waals surface area contributed by atoms with Crippen LogP contribution in [0.2, 0.25) is 0 Å². The Morgan fingerprint density at radius 1 is 1.33 bits per heavy atom. The molecule has 0 aromatic carbocycles. The third-order valence-corrected chi connectivity index (χ3v) is 3.14. The molecule has 2 atom stereocenters. The van der Waals surface area contributed by atoms with Gasteiger partial charge < -0.3 is 4.79 Å². The summed E-state index contributed by atoms with van der Waals surface area (Å²) in [5, 5.41) is 0. The Morgan fingerprint density at radius 2 is 1.92 bits per heavy atom. The highest BCUT2D eigenvalue weighted by atomic mass is 16.1. The molecule has 0 aromatic rings. The molecule has 0 heterocycles. The lowest BCUT2D eigenvalue weighted by molar-refractivity contribution is -0.112. The summed E-state index contributed by atoms with van der Waals surface area (Å²) >= 11 is 0. The molecule has 1 heteroatoms. The van der Waals surface area contributed by atoms with Crippen LogP contribution in [-0.4, -0.2) is 6.29 Å². The van der Waals surface area contributed by atoms with Crippen LogP contribution >= 0.6 is 0 Å². The van der Waals surface area contributed by atoms with E-state index in [1.54, 1.807) is 0 Å². The van der Waals surface area contributed by atoms with Crippen molar-refractivity contribution < 1.29 is 4.79 Å². The van der Waals surface area contributed by atoms with E-state index in [-0.39, 0.29) is 0 Å². The molecular weight excluding hydrogens is 148 g/mol. The minimum absolute atomic E-state index is 0.290. The number of hydrogen-bond donors (Lipinski definition) is 0. The van der Waals surface area contributed by atoms with Crippen LogP contribution in [0.3, 0.4) is 0 Å². The average molecular weight is 166 g/mol. The van der Waals surface area contributed by atoms with Gasteiger partial charge in [-0.25, -0.2) is 0 Å². The topological polar surface area (TPSA) is 17.1 Å². The van der Waals surface area contributed by atoms with Gasteiger partial charge in [0.1, 0.15) is 6.29 Å². The fourth-order valence-electron chi connectivity index (χ4n) is 2.02. The third-order valence-electron chi connectivity index (χ3n) is 3.14. The van der Waals surface area contributed by atoms with Crippen LogP contribution in [0.4, 0.5) is 0 Å². The summed E-state index contributed by atoms with van der Waals surface area (Å²) in [7, 11) is 0. The number of carbonyl (C=O) groups is 1. The Hall–Kier alpha value is -0.590. The number of carbonyl (C=O) groups excluding carboxylic acids is 1. The van der Waals surface area contributed by atoms with Crippen LogP contribution < -0.4 is 0 Å². The van der Waals surface area contributed by atoms with E-state index in [2.05, 4.69) is 20.8 Å². The van der Waals surface area contributed by atoms with Crippen molar-refractivity contribution in [3.63, 3.8) is 0 Å². The lowest BCUT2D eigenvalue weighted by atomic mass is 9.76. The maximum atomic E-state index is 10.8. The van der Waals surface area contributed by atoms with Crippen LogP contribution in [-0.2, 0) is 4.79 Å². The molecule has 1 aliphatic carbocycles. The fraction of sp³-hybridized carbons (Fsp3) is 0.727. The van der Waals surface area contributed by atoms with Crippen molar-refractivity contribution in [2.24, 2.45) is 11.8 Å². The summed E-state index contributed by atoms with van der Waals surface area (Å²) < 4.78 is 0. The van der Waals surface area contributed by atoms with E-state index < -0.39 is 0 Å². The predicted molar refractivity (Wildman–Crippen MR) is 50.9 cm³/mol. The highest BCUT2D eigenvalue weighted by Gasteiger charge is 2.24. The summed E-state index contributed by atoms with van der Waals surface area (Å²) in [6, 6.07) is 0. The van der Waals surface area contributed by atoms with E-state index >= 15 is 0 Å². The molecule has 0 aliphatic heterocycles. The van der Waals surface area contributed by atoms with Gasteiger partial charge in [-0.3, -0.25) is 0 Å². The van der Waals surface area contributed by atoms with Gasteiger partial charge in [-0.2, -0.15) is 0 Å². The van der Waals surface area contributed by atoms with E-state index in [0.717, 1.165) is 25.5 Å². The first-order chi connectivity index (χ1) is 5.69. The van der Waals surface area contributed by atoms with E-state index in [1.807, 2.05) is 0 Å². The van der Waals surface area contributed by atoms with Gasteiger partial charge in [-0.15, -0.1) is 0 Å². The van der Waals surface area contributed by atoms with E-state index in [0.29, 0.717) is 11.8 Å². The summed E-state index contributed by atoms with van der Waals surface area (Å²) in [4.78, 5) is 10.8. The van der Waals surface area contributed by atoms with Gasteiger partial charge in [0.15, 0.2) is 0 Å². The Morgan fingerprint density at radius 3 is 2.42 bits per heavy atom. The summed E-state index contributed by atoms with van der Waals surface area (Å²) in [6.07, 6.45) is 4.40. The molecule has 0 saturated heterocycles. The molecule has 0 bridgehead atoms. The zero-order chi connectivity index (χ0) is 9.14. The van der Waals surface area contributed by atoms with Gasteiger partial charge >= 0.3 is 0 Å². The standard InChI is InChI=1S/C11H18O/c1-4-10-5-8(2)9(3)6-11(10)7-12/h7,10-11H,4-6H2,1-3H3/t10-,11+/m1/s1. The van der Waals surface area contributed by atoms with Gasteiger partial charge in [0.2, 0.25) is 0 Å². The normalized spacial score (nSPS) is 30.6. The lowest BCUT2D eigenvalue weighted by Crippen LogP contribution is -2.21. The molecule has 0 N–H and O–H groups in total. The van der Waals surface area contributed by atoms with Crippen molar-refractivity contribution >= 4 is 6.29 Å². The van der Waals surface area contributed by atoms with Gasteiger partial charge in [-0.05, 0) is 32.6 Å². The van der Waals surface area contributed by atoms with Crippen molar-refractivity contribution in [1.29, 1.82) is 0 Å². The smallest absolute Gasteiger partial charge is 0.123 e. The van der Waals surface area contributed by atoms with Crippen molar-refractivity contribution in [2.75, 3.05) is 0 Å². The summed E-state index contributed by atoms with van der Waals surface area (Å²) in [5.74, 6) is 0.893. The quantitative estimate of drug-likeness (QED) is 0.455. The average Bonchev–Trinajstić information content (AvgIpc) is 2.09. The first kappa shape index (κ1) is 9.50. The Balaban J connectivity index is 2.75. The molecular formula is C11H18O. The van der Waals surface area contributed by atoms with Crippen LogP contribution in [0, 0.1) is 11.8 Å². The largest absolute Gasteiger partial charge is 0.303 e. The van der Waals surface area contributed by atoms with Gasteiger partial charge in [0.05, 0.1) is 0 Å². The summed E-state index contributed by atoms with van der Waals surface area (Å²) in [6.45, 7) is 6.52. The third kappa shape index (κ3) is 1.77. The number of hydrogen-bond acceptors (Lipinski definition) is 1. The highest BCUT2D eigenvalue weighted by Crippen LogP contribution is 2.34.